The van der Waals surface area contributed by atoms with Crippen LogP contribution < -0.4 is 9.46 Å². The van der Waals surface area contributed by atoms with Gasteiger partial charge in [0.15, 0.2) is 0 Å². The Balaban J connectivity index is 2.08. The summed E-state index contributed by atoms with van der Waals surface area (Å²) in [6.07, 6.45) is -4.51. The van der Waals surface area contributed by atoms with Gasteiger partial charge in [0.05, 0.1) is 23.2 Å². The number of halogens is 3. The summed E-state index contributed by atoms with van der Waals surface area (Å²) in [5.74, 6) is 0.642. The Hall–Kier alpha value is -2.10. The van der Waals surface area contributed by atoms with Gasteiger partial charge in [0.1, 0.15) is 5.75 Å². The van der Waals surface area contributed by atoms with E-state index >= 15 is 0 Å². The minimum atomic E-state index is -4.65. The van der Waals surface area contributed by atoms with Crippen LogP contribution in [0.2, 0.25) is 0 Å². The van der Waals surface area contributed by atoms with Crippen molar-refractivity contribution in [1.29, 1.82) is 0 Å². The Morgan fingerprint density at radius 3 is 2.30 bits per heavy atom. The third-order valence-electron chi connectivity index (χ3n) is 3.86. The molecule has 0 aromatic heterocycles. The average Bonchev–Trinajstić information content (AvgIpc) is 2.60. The van der Waals surface area contributed by atoms with Crippen molar-refractivity contribution in [3.8, 4) is 5.75 Å². The third-order valence-corrected chi connectivity index (χ3v) is 5.26. The number of methoxy groups -OCH3 is 1. The molecule has 148 valence electrons. The van der Waals surface area contributed by atoms with Gasteiger partial charge in [-0.1, -0.05) is 18.2 Å². The molecule has 0 fully saturated rings. The van der Waals surface area contributed by atoms with Crippen LogP contribution in [0.15, 0.2) is 53.4 Å². The van der Waals surface area contributed by atoms with Gasteiger partial charge in [0.25, 0.3) is 0 Å². The maximum atomic E-state index is 12.8. The zero-order valence-electron chi connectivity index (χ0n) is 14.7. The van der Waals surface area contributed by atoms with Crippen LogP contribution in [0, 0.1) is 0 Å². The summed E-state index contributed by atoms with van der Waals surface area (Å²) in [5, 5.41) is 10.5. The molecular formula is C18H20F3NO4S. The van der Waals surface area contributed by atoms with Gasteiger partial charge in [-0.15, -0.1) is 0 Å². The first-order valence-electron chi connectivity index (χ1n) is 7.95. The second kappa shape index (κ2) is 7.87. The van der Waals surface area contributed by atoms with E-state index in [-0.39, 0.29) is 13.0 Å². The number of aliphatic hydroxyl groups is 1. The van der Waals surface area contributed by atoms with E-state index in [0.717, 1.165) is 23.8 Å². The molecule has 0 aliphatic rings. The number of alkyl halides is 3. The molecule has 0 amide bonds. The van der Waals surface area contributed by atoms with E-state index in [0.29, 0.717) is 11.8 Å². The Bertz CT molecular complexity index is 878. The summed E-state index contributed by atoms with van der Waals surface area (Å²) in [4.78, 5) is -0.516. The zero-order chi connectivity index (χ0) is 20.3. The smallest absolute Gasteiger partial charge is 0.416 e. The van der Waals surface area contributed by atoms with Gasteiger partial charge >= 0.3 is 6.18 Å². The van der Waals surface area contributed by atoms with E-state index in [1.54, 1.807) is 24.3 Å². The SMILES string of the molecule is COc1ccc(CC(C)(O)CNS(=O)(=O)c2cccc(C(F)(F)F)c2)cc1. The average molecular weight is 403 g/mol. The first-order valence-corrected chi connectivity index (χ1v) is 9.43. The fourth-order valence-corrected chi connectivity index (χ4v) is 3.63. The van der Waals surface area contributed by atoms with E-state index in [2.05, 4.69) is 4.72 Å². The van der Waals surface area contributed by atoms with Gasteiger partial charge in [0.2, 0.25) is 10.0 Å². The number of sulfonamides is 1. The number of nitrogens with one attached hydrogen (secondary N) is 1. The quantitative estimate of drug-likeness (QED) is 0.745. The molecule has 2 N–H and O–H groups in total. The molecule has 0 bridgehead atoms. The van der Waals surface area contributed by atoms with Crippen molar-refractivity contribution in [2.24, 2.45) is 0 Å². The van der Waals surface area contributed by atoms with Crippen molar-refractivity contribution in [1.82, 2.24) is 4.72 Å². The molecule has 2 rings (SSSR count). The molecule has 9 heteroatoms. The Morgan fingerprint density at radius 1 is 1.11 bits per heavy atom. The van der Waals surface area contributed by atoms with E-state index in [1.165, 1.54) is 14.0 Å². The van der Waals surface area contributed by atoms with Crippen LogP contribution in [0.3, 0.4) is 0 Å². The first kappa shape index (κ1) is 21.2. The fraction of sp³-hybridized carbons (Fsp3) is 0.333. The number of benzene rings is 2. The number of hydrogen-bond acceptors (Lipinski definition) is 4. The highest BCUT2D eigenvalue weighted by atomic mass is 32.2. The summed E-state index contributed by atoms with van der Waals surface area (Å²) in [6.45, 7) is 1.07. The Labute approximate surface area is 155 Å². The van der Waals surface area contributed by atoms with E-state index in [1.807, 2.05) is 0 Å². The number of rotatable bonds is 7. The molecular weight excluding hydrogens is 383 g/mol. The van der Waals surface area contributed by atoms with Crippen LogP contribution >= 0.6 is 0 Å². The van der Waals surface area contributed by atoms with Gasteiger partial charge in [-0.3, -0.25) is 0 Å². The van der Waals surface area contributed by atoms with Crippen LogP contribution in [0.1, 0.15) is 18.1 Å². The van der Waals surface area contributed by atoms with E-state index < -0.39 is 32.3 Å². The molecule has 0 saturated carbocycles. The lowest BCUT2D eigenvalue weighted by Gasteiger charge is -2.24. The minimum absolute atomic E-state index is 0.141. The lowest BCUT2D eigenvalue weighted by Crippen LogP contribution is -2.42. The Kier molecular flexibility index (Phi) is 6.18. The predicted octanol–water partition coefficient (Wildman–Crippen LogP) is 2.99. The van der Waals surface area contributed by atoms with Gasteiger partial charge in [-0.2, -0.15) is 13.2 Å². The van der Waals surface area contributed by atoms with Gasteiger partial charge in [-0.05, 0) is 42.8 Å². The zero-order valence-corrected chi connectivity index (χ0v) is 15.6. The maximum absolute atomic E-state index is 12.8. The summed E-state index contributed by atoms with van der Waals surface area (Å²) in [6, 6.07) is 10.3. The van der Waals surface area contributed by atoms with Gasteiger partial charge in [-0.25, -0.2) is 13.1 Å². The molecule has 27 heavy (non-hydrogen) atoms. The fourth-order valence-electron chi connectivity index (χ4n) is 2.42. The van der Waals surface area contributed by atoms with Crippen molar-refractivity contribution in [3.63, 3.8) is 0 Å². The van der Waals surface area contributed by atoms with Crippen molar-refractivity contribution in [3.05, 3.63) is 59.7 Å². The molecule has 0 aliphatic heterocycles. The molecule has 2 aromatic carbocycles. The monoisotopic (exact) mass is 403 g/mol. The highest BCUT2D eigenvalue weighted by Gasteiger charge is 2.32. The molecule has 0 radical (unpaired) electrons. The highest BCUT2D eigenvalue weighted by Crippen LogP contribution is 2.30. The second-order valence-electron chi connectivity index (χ2n) is 6.37. The lowest BCUT2D eigenvalue weighted by atomic mass is 9.97. The van der Waals surface area contributed by atoms with Gasteiger partial charge < -0.3 is 9.84 Å². The normalized spacial score (nSPS) is 14.6. The van der Waals surface area contributed by atoms with Crippen molar-refractivity contribution >= 4 is 10.0 Å². The summed E-state index contributed by atoms with van der Waals surface area (Å²) in [5.41, 5.74) is -1.75. The van der Waals surface area contributed by atoms with Crippen LogP contribution in [0.4, 0.5) is 13.2 Å². The first-order chi connectivity index (χ1) is 12.4. The van der Waals surface area contributed by atoms with Crippen LogP contribution in [-0.4, -0.2) is 32.8 Å². The molecule has 0 saturated heterocycles. The van der Waals surface area contributed by atoms with Crippen molar-refractivity contribution in [2.45, 2.75) is 30.0 Å². The summed E-state index contributed by atoms with van der Waals surface area (Å²) < 4.78 is 70.1. The number of ether oxygens (including phenoxy) is 1. The van der Waals surface area contributed by atoms with Crippen molar-refractivity contribution in [2.75, 3.05) is 13.7 Å². The largest absolute Gasteiger partial charge is 0.497 e. The molecule has 2 aromatic rings. The molecule has 0 heterocycles. The lowest BCUT2D eigenvalue weighted by molar-refractivity contribution is -0.137. The maximum Gasteiger partial charge on any atom is 0.416 e. The summed E-state index contributed by atoms with van der Waals surface area (Å²) >= 11 is 0. The predicted molar refractivity (Wildman–Crippen MR) is 94.0 cm³/mol. The van der Waals surface area contributed by atoms with Crippen LogP contribution in [-0.2, 0) is 22.6 Å². The molecule has 5 nitrogen and oxygen atoms in total. The topological polar surface area (TPSA) is 75.6 Å². The molecule has 0 aliphatic carbocycles. The van der Waals surface area contributed by atoms with E-state index in [9.17, 15) is 26.7 Å². The third kappa shape index (κ3) is 5.95. The molecule has 1 unspecified atom stereocenters. The standard InChI is InChI=1S/C18H20F3NO4S/c1-17(23,11-13-6-8-15(26-2)9-7-13)12-22-27(24,25)16-5-3-4-14(10-16)18(19,20)21/h3-10,22-23H,11-12H2,1-2H3. The van der Waals surface area contributed by atoms with Crippen molar-refractivity contribution < 1.29 is 31.4 Å². The molecule has 1 atom stereocenters. The van der Waals surface area contributed by atoms with Crippen LogP contribution in [0.25, 0.3) is 0 Å². The molecule has 0 spiro atoms. The minimum Gasteiger partial charge on any atom is -0.497 e. The van der Waals surface area contributed by atoms with Gasteiger partial charge in [0, 0.05) is 13.0 Å². The van der Waals surface area contributed by atoms with E-state index in [4.69, 9.17) is 4.74 Å². The second-order valence-corrected chi connectivity index (χ2v) is 8.14. The number of hydrogen-bond donors (Lipinski definition) is 2. The highest BCUT2D eigenvalue weighted by molar-refractivity contribution is 7.89. The Morgan fingerprint density at radius 2 is 1.74 bits per heavy atom. The summed E-state index contributed by atoms with van der Waals surface area (Å²) in [7, 11) is -2.69. The van der Waals surface area contributed by atoms with Crippen LogP contribution in [0.5, 0.6) is 5.75 Å².